The number of hydrogen-bond acceptors (Lipinski definition) is 4. The van der Waals surface area contributed by atoms with Crippen molar-refractivity contribution in [3.63, 3.8) is 0 Å². The molecule has 2 aromatic rings. The van der Waals surface area contributed by atoms with Crippen molar-refractivity contribution in [3.8, 4) is 0 Å². The summed E-state index contributed by atoms with van der Waals surface area (Å²) >= 11 is 3.83. The van der Waals surface area contributed by atoms with Crippen molar-refractivity contribution in [2.24, 2.45) is 0 Å². The second-order valence-corrected chi connectivity index (χ2v) is 7.77. The quantitative estimate of drug-likeness (QED) is 0.695. The van der Waals surface area contributed by atoms with Crippen LogP contribution in [-0.2, 0) is 12.8 Å². The molecule has 0 atom stereocenters. The summed E-state index contributed by atoms with van der Waals surface area (Å²) in [6.07, 6.45) is 4.99. The fourth-order valence-electron chi connectivity index (χ4n) is 2.08. The van der Waals surface area contributed by atoms with Gasteiger partial charge in [-0.15, -0.1) is 22.7 Å². The first-order valence-corrected chi connectivity index (χ1v) is 8.71. The van der Waals surface area contributed by atoms with Gasteiger partial charge in [0, 0.05) is 37.9 Å². The van der Waals surface area contributed by atoms with E-state index in [2.05, 4.69) is 62.3 Å². The minimum Gasteiger partial charge on any atom is -0.370 e. The fourth-order valence-corrected chi connectivity index (χ4v) is 4.02. The van der Waals surface area contributed by atoms with Gasteiger partial charge in [-0.3, -0.25) is 0 Å². The highest BCUT2D eigenvalue weighted by atomic mass is 32.1. The lowest BCUT2D eigenvalue weighted by molar-refractivity contribution is 0.746. The Balaban J connectivity index is 1.72. The van der Waals surface area contributed by atoms with E-state index < -0.39 is 0 Å². The van der Waals surface area contributed by atoms with Crippen LogP contribution in [0.25, 0.3) is 0 Å². The Morgan fingerprint density at radius 3 is 1.40 bits per heavy atom. The molecule has 0 amide bonds. The molecule has 4 heteroatoms. The van der Waals surface area contributed by atoms with Gasteiger partial charge in [0.1, 0.15) is 0 Å². The van der Waals surface area contributed by atoms with Crippen molar-refractivity contribution in [1.29, 1.82) is 0 Å². The average Bonchev–Trinajstić information content (AvgIpc) is 3.04. The molecular weight excluding hydrogens is 284 g/mol. The highest BCUT2D eigenvalue weighted by Crippen LogP contribution is 2.27. The second kappa shape index (κ2) is 7.14. The van der Waals surface area contributed by atoms with Gasteiger partial charge in [-0.05, 0) is 49.9 Å². The van der Waals surface area contributed by atoms with Crippen LogP contribution < -0.4 is 9.80 Å². The van der Waals surface area contributed by atoms with Gasteiger partial charge in [0.15, 0.2) is 0 Å². The fraction of sp³-hybridized carbons (Fsp3) is 0.500. The van der Waals surface area contributed by atoms with Gasteiger partial charge < -0.3 is 9.80 Å². The Morgan fingerprint density at radius 2 is 1.10 bits per heavy atom. The maximum atomic E-state index is 2.27. The SMILES string of the molecule is CN(C)c1ccc(CCCCc2ccc(N(C)C)s2)s1. The first kappa shape index (κ1) is 15.4. The van der Waals surface area contributed by atoms with Crippen molar-refractivity contribution in [3.05, 3.63) is 34.0 Å². The van der Waals surface area contributed by atoms with Crippen LogP contribution in [0.4, 0.5) is 10.0 Å². The molecule has 20 heavy (non-hydrogen) atoms. The molecular formula is C16H24N2S2. The van der Waals surface area contributed by atoms with Crippen LogP contribution >= 0.6 is 22.7 Å². The minimum absolute atomic E-state index is 1.21. The number of hydrogen-bond donors (Lipinski definition) is 0. The number of unbranched alkanes of at least 4 members (excludes halogenated alkanes) is 1. The maximum absolute atomic E-state index is 2.27. The number of thiophene rings is 2. The summed E-state index contributed by atoms with van der Waals surface area (Å²) in [4.78, 5) is 7.38. The summed E-state index contributed by atoms with van der Waals surface area (Å²) in [6, 6.07) is 9.00. The summed E-state index contributed by atoms with van der Waals surface area (Å²) in [5.41, 5.74) is 0. The van der Waals surface area contributed by atoms with Gasteiger partial charge in [-0.2, -0.15) is 0 Å². The topological polar surface area (TPSA) is 6.48 Å². The van der Waals surface area contributed by atoms with Gasteiger partial charge in [-0.25, -0.2) is 0 Å². The third kappa shape index (κ3) is 4.25. The van der Waals surface area contributed by atoms with E-state index in [-0.39, 0.29) is 0 Å². The normalized spacial score (nSPS) is 10.8. The Hall–Kier alpha value is -1.00. The predicted molar refractivity (Wildman–Crippen MR) is 93.9 cm³/mol. The first-order chi connectivity index (χ1) is 9.56. The minimum atomic E-state index is 1.21. The van der Waals surface area contributed by atoms with E-state index in [1.54, 1.807) is 0 Å². The van der Waals surface area contributed by atoms with E-state index >= 15 is 0 Å². The third-order valence-corrected chi connectivity index (χ3v) is 5.90. The van der Waals surface area contributed by atoms with Crippen LogP contribution in [0.3, 0.4) is 0 Å². The number of nitrogens with zero attached hydrogens (tertiary/aromatic N) is 2. The van der Waals surface area contributed by atoms with E-state index in [1.165, 1.54) is 45.4 Å². The molecule has 0 radical (unpaired) electrons. The molecule has 0 aliphatic carbocycles. The molecule has 0 fully saturated rings. The van der Waals surface area contributed by atoms with E-state index in [9.17, 15) is 0 Å². The Morgan fingerprint density at radius 1 is 0.700 bits per heavy atom. The van der Waals surface area contributed by atoms with Crippen LogP contribution in [0.2, 0.25) is 0 Å². The third-order valence-electron chi connectivity index (χ3n) is 3.27. The van der Waals surface area contributed by atoms with Crippen molar-refractivity contribution < 1.29 is 0 Å². The summed E-state index contributed by atoms with van der Waals surface area (Å²) in [7, 11) is 8.42. The lowest BCUT2D eigenvalue weighted by atomic mass is 10.1. The van der Waals surface area contributed by atoms with Crippen LogP contribution in [0.15, 0.2) is 24.3 Å². The van der Waals surface area contributed by atoms with Crippen LogP contribution in [0.1, 0.15) is 22.6 Å². The Bertz CT molecular complexity index is 478. The lowest BCUT2D eigenvalue weighted by Gasteiger charge is -2.07. The number of aryl methyl sites for hydroxylation is 2. The smallest absolute Gasteiger partial charge is 0.0906 e. The van der Waals surface area contributed by atoms with E-state index in [1.807, 2.05) is 22.7 Å². The van der Waals surface area contributed by atoms with Crippen LogP contribution in [-0.4, -0.2) is 28.2 Å². The van der Waals surface area contributed by atoms with Crippen LogP contribution in [0.5, 0.6) is 0 Å². The first-order valence-electron chi connectivity index (χ1n) is 7.08. The largest absolute Gasteiger partial charge is 0.370 e. The molecule has 0 saturated heterocycles. The highest BCUT2D eigenvalue weighted by Gasteiger charge is 2.04. The molecule has 2 nitrogen and oxygen atoms in total. The van der Waals surface area contributed by atoms with E-state index in [0.717, 1.165) is 0 Å². The second-order valence-electron chi connectivity index (χ2n) is 5.48. The highest BCUT2D eigenvalue weighted by molar-refractivity contribution is 7.16. The molecule has 2 rings (SSSR count). The zero-order valence-electron chi connectivity index (χ0n) is 12.8. The molecule has 0 spiro atoms. The van der Waals surface area contributed by atoms with E-state index in [0.29, 0.717) is 0 Å². The molecule has 0 aliphatic rings. The maximum Gasteiger partial charge on any atom is 0.0906 e. The van der Waals surface area contributed by atoms with Crippen molar-refractivity contribution in [2.75, 3.05) is 38.0 Å². The van der Waals surface area contributed by atoms with Crippen molar-refractivity contribution >= 4 is 32.7 Å². The summed E-state index contributed by atoms with van der Waals surface area (Å²) < 4.78 is 0. The summed E-state index contributed by atoms with van der Waals surface area (Å²) in [5, 5.41) is 2.71. The van der Waals surface area contributed by atoms with Gasteiger partial charge in [-0.1, -0.05) is 0 Å². The molecule has 2 heterocycles. The van der Waals surface area contributed by atoms with Gasteiger partial charge in [0.05, 0.1) is 10.0 Å². The standard InChI is InChI=1S/C16H24N2S2/c1-17(2)15-11-9-13(19-15)7-5-6-8-14-10-12-16(20-14)18(3)4/h9-12H,5-8H2,1-4H3. The molecule has 0 aromatic carbocycles. The zero-order chi connectivity index (χ0) is 14.5. The molecule has 0 N–H and O–H groups in total. The number of anilines is 2. The molecule has 0 saturated carbocycles. The Labute approximate surface area is 130 Å². The van der Waals surface area contributed by atoms with Crippen molar-refractivity contribution in [2.45, 2.75) is 25.7 Å². The summed E-state index contributed by atoms with van der Waals surface area (Å²) in [5.74, 6) is 0. The monoisotopic (exact) mass is 308 g/mol. The lowest BCUT2D eigenvalue weighted by Crippen LogP contribution is -2.05. The van der Waals surface area contributed by atoms with E-state index in [4.69, 9.17) is 0 Å². The Kier molecular flexibility index (Phi) is 5.49. The van der Waals surface area contributed by atoms with Gasteiger partial charge in [0.2, 0.25) is 0 Å². The molecule has 2 aromatic heterocycles. The molecule has 0 unspecified atom stereocenters. The molecule has 0 aliphatic heterocycles. The predicted octanol–water partition coefficient (Wildman–Crippen LogP) is 4.51. The van der Waals surface area contributed by atoms with Gasteiger partial charge in [0.25, 0.3) is 0 Å². The zero-order valence-corrected chi connectivity index (χ0v) is 14.5. The van der Waals surface area contributed by atoms with Crippen LogP contribution in [0, 0.1) is 0 Å². The van der Waals surface area contributed by atoms with Crippen molar-refractivity contribution in [1.82, 2.24) is 0 Å². The summed E-state index contributed by atoms with van der Waals surface area (Å²) in [6.45, 7) is 0. The molecule has 0 bridgehead atoms. The molecule has 110 valence electrons. The number of rotatable bonds is 7. The average molecular weight is 309 g/mol. The van der Waals surface area contributed by atoms with Gasteiger partial charge >= 0.3 is 0 Å².